The fourth-order valence-electron chi connectivity index (χ4n) is 2.45. The van der Waals surface area contributed by atoms with Crippen molar-refractivity contribution in [3.8, 4) is 0 Å². The van der Waals surface area contributed by atoms with Gasteiger partial charge in [0.25, 0.3) is 0 Å². The Hall–Kier alpha value is -1.71. The molecule has 2 N–H and O–H groups in total. The average molecular weight is 298 g/mol. The lowest BCUT2D eigenvalue weighted by atomic mass is 9.98. The summed E-state index contributed by atoms with van der Waals surface area (Å²) in [5.74, 6) is 0.102. The Morgan fingerprint density at radius 3 is 2.14 bits per heavy atom. The number of likely N-dealkylation sites (N-methyl/N-ethyl adjacent to an activating group) is 1. The first kappa shape index (κ1) is 15.7. The van der Waals surface area contributed by atoms with Crippen LogP contribution in [-0.2, 0) is 6.54 Å². The maximum absolute atomic E-state index is 5.97. The lowest BCUT2D eigenvalue weighted by Crippen LogP contribution is -2.33. The SMILES string of the molecule is CCN(Cc1ccccc1)CC(C(N)=S)c1ccccc1. The molecule has 0 saturated carbocycles. The van der Waals surface area contributed by atoms with Crippen LogP contribution in [-0.4, -0.2) is 23.0 Å². The maximum Gasteiger partial charge on any atom is 0.0816 e. The minimum atomic E-state index is 0.102. The van der Waals surface area contributed by atoms with Gasteiger partial charge in [-0.2, -0.15) is 0 Å². The molecule has 0 aliphatic carbocycles. The van der Waals surface area contributed by atoms with Crippen LogP contribution in [0.4, 0.5) is 0 Å². The molecular weight excluding hydrogens is 276 g/mol. The normalized spacial score (nSPS) is 12.3. The maximum atomic E-state index is 5.97. The fourth-order valence-corrected chi connectivity index (χ4v) is 2.66. The summed E-state index contributed by atoms with van der Waals surface area (Å²) in [6, 6.07) is 20.8. The highest BCUT2D eigenvalue weighted by molar-refractivity contribution is 7.80. The molecule has 0 aliphatic rings. The molecule has 2 nitrogen and oxygen atoms in total. The van der Waals surface area contributed by atoms with E-state index in [1.807, 2.05) is 24.3 Å². The predicted molar refractivity (Wildman–Crippen MR) is 93.4 cm³/mol. The predicted octanol–water partition coefficient (Wildman–Crippen LogP) is 3.58. The van der Waals surface area contributed by atoms with E-state index < -0.39 is 0 Å². The van der Waals surface area contributed by atoms with Gasteiger partial charge in [0.05, 0.1) is 4.99 Å². The summed E-state index contributed by atoms with van der Waals surface area (Å²) in [6.45, 7) is 4.92. The van der Waals surface area contributed by atoms with E-state index in [1.165, 1.54) is 11.1 Å². The third-order valence-corrected chi connectivity index (χ3v) is 3.97. The molecule has 3 heteroatoms. The highest BCUT2D eigenvalue weighted by Crippen LogP contribution is 2.18. The van der Waals surface area contributed by atoms with E-state index in [4.69, 9.17) is 18.0 Å². The van der Waals surface area contributed by atoms with Crippen LogP contribution in [0.3, 0.4) is 0 Å². The zero-order valence-corrected chi connectivity index (χ0v) is 13.2. The van der Waals surface area contributed by atoms with Gasteiger partial charge < -0.3 is 5.73 Å². The van der Waals surface area contributed by atoms with E-state index in [0.29, 0.717) is 4.99 Å². The van der Waals surface area contributed by atoms with Crippen LogP contribution in [0.5, 0.6) is 0 Å². The standard InChI is InChI=1S/C18H22N2S/c1-2-20(13-15-9-5-3-6-10-15)14-17(18(19)21)16-11-7-4-8-12-16/h3-12,17H,2,13-14H2,1H3,(H2,19,21). The van der Waals surface area contributed by atoms with Crippen LogP contribution in [0, 0.1) is 0 Å². The minimum absolute atomic E-state index is 0.102. The Labute approximate surface area is 132 Å². The summed E-state index contributed by atoms with van der Waals surface area (Å²) in [7, 11) is 0. The molecule has 0 heterocycles. The topological polar surface area (TPSA) is 29.3 Å². The number of hydrogen-bond donors (Lipinski definition) is 1. The smallest absolute Gasteiger partial charge is 0.0816 e. The van der Waals surface area contributed by atoms with E-state index >= 15 is 0 Å². The summed E-state index contributed by atoms with van der Waals surface area (Å²) >= 11 is 5.28. The molecule has 0 amide bonds. The van der Waals surface area contributed by atoms with Gasteiger partial charge in [0.2, 0.25) is 0 Å². The Morgan fingerprint density at radius 1 is 1.05 bits per heavy atom. The molecule has 0 radical (unpaired) electrons. The Balaban J connectivity index is 2.09. The number of nitrogens with two attached hydrogens (primary N) is 1. The lowest BCUT2D eigenvalue weighted by Gasteiger charge is -2.26. The van der Waals surface area contributed by atoms with Gasteiger partial charge in [0, 0.05) is 19.0 Å². The Kier molecular flexibility index (Phi) is 5.90. The molecule has 0 fully saturated rings. The molecule has 1 atom stereocenters. The van der Waals surface area contributed by atoms with Gasteiger partial charge in [-0.25, -0.2) is 0 Å². The van der Waals surface area contributed by atoms with Crippen molar-refractivity contribution in [2.75, 3.05) is 13.1 Å². The summed E-state index contributed by atoms with van der Waals surface area (Å²) in [6.07, 6.45) is 0. The molecule has 0 aromatic heterocycles. The number of thiocarbonyl (C=S) groups is 1. The monoisotopic (exact) mass is 298 g/mol. The molecule has 2 aromatic carbocycles. The summed E-state index contributed by atoms with van der Waals surface area (Å²) < 4.78 is 0. The second-order valence-corrected chi connectivity index (χ2v) is 5.65. The molecule has 0 spiro atoms. The Morgan fingerprint density at radius 2 is 1.62 bits per heavy atom. The summed E-state index contributed by atoms with van der Waals surface area (Å²) in [4.78, 5) is 2.94. The Bertz CT molecular complexity index is 554. The van der Waals surface area contributed by atoms with Crippen molar-refractivity contribution < 1.29 is 0 Å². The van der Waals surface area contributed by atoms with Crippen LogP contribution >= 0.6 is 12.2 Å². The molecule has 2 aromatic rings. The second kappa shape index (κ2) is 7.91. The van der Waals surface area contributed by atoms with Crippen LogP contribution in [0.25, 0.3) is 0 Å². The van der Waals surface area contributed by atoms with E-state index in [0.717, 1.165) is 19.6 Å². The van der Waals surface area contributed by atoms with Crippen LogP contribution in [0.15, 0.2) is 60.7 Å². The van der Waals surface area contributed by atoms with Crippen LogP contribution in [0.1, 0.15) is 24.0 Å². The summed E-state index contributed by atoms with van der Waals surface area (Å²) in [5, 5.41) is 0. The highest BCUT2D eigenvalue weighted by atomic mass is 32.1. The highest BCUT2D eigenvalue weighted by Gasteiger charge is 2.18. The summed E-state index contributed by atoms with van der Waals surface area (Å²) in [5.41, 5.74) is 8.48. The van der Waals surface area contributed by atoms with Crippen molar-refractivity contribution in [2.45, 2.75) is 19.4 Å². The first-order valence-corrected chi connectivity index (χ1v) is 7.72. The van der Waals surface area contributed by atoms with E-state index in [2.05, 4.69) is 48.2 Å². The molecular formula is C18H22N2S. The first-order valence-electron chi connectivity index (χ1n) is 7.31. The quantitative estimate of drug-likeness (QED) is 0.792. The van der Waals surface area contributed by atoms with Crippen molar-refractivity contribution in [3.05, 3.63) is 71.8 Å². The third-order valence-electron chi connectivity index (χ3n) is 3.68. The second-order valence-electron chi connectivity index (χ2n) is 5.18. The van der Waals surface area contributed by atoms with Crippen molar-refractivity contribution in [1.82, 2.24) is 4.90 Å². The van der Waals surface area contributed by atoms with E-state index in [1.54, 1.807) is 0 Å². The largest absolute Gasteiger partial charge is 0.393 e. The van der Waals surface area contributed by atoms with Crippen molar-refractivity contribution in [1.29, 1.82) is 0 Å². The molecule has 0 aliphatic heterocycles. The molecule has 0 bridgehead atoms. The lowest BCUT2D eigenvalue weighted by molar-refractivity contribution is 0.277. The molecule has 110 valence electrons. The van der Waals surface area contributed by atoms with Gasteiger partial charge in [-0.1, -0.05) is 79.8 Å². The number of hydrogen-bond acceptors (Lipinski definition) is 2. The van der Waals surface area contributed by atoms with Gasteiger partial charge in [0.1, 0.15) is 0 Å². The zero-order valence-electron chi connectivity index (χ0n) is 12.4. The van der Waals surface area contributed by atoms with Crippen molar-refractivity contribution in [3.63, 3.8) is 0 Å². The van der Waals surface area contributed by atoms with E-state index in [-0.39, 0.29) is 5.92 Å². The van der Waals surface area contributed by atoms with Gasteiger partial charge in [-0.15, -0.1) is 0 Å². The number of benzene rings is 2. The number of rotatable bonds is 7. The molecule has 2 rings (SSSR count). The van der Waals surface area contributed by atoms with E-state index in [9.17, 15) is 0 Å². The van der Waals surface area contributed by atoms with Gasteiger partial charge in [-0.3, -0.25) is 4.90 Å². The van der Waals surface area contributed by atoms with Crippen molar-refractivity contribution in [2.24, 2.45) is 5.73 Å². The molecule has 0 saturated heterocycles. The first-order chi connectivity index (χ1) is 10.2. The van der Waals surface area contributed by atoms with Gasteiger partial charge in [-0.05, 0) is 17.7 Å². The van der Waals surface area contributed by atoms with Gasteiger partial charge in [0.15, 0.2) is 0 Å². The van der Waals surface area contributed by atoms with Crippen LogP contribution in [0.2, 0.25) is 0 Å². The third kappa shape index (κ3) is 4.66. The minimum Gasteiger partial charge on any atom is -0.393 e. The average Bonchev–Trinajstić information content (AvgIpc) is 2.52. The fraction of sp³-hybridized carbons (Fsp3) is 0.278. The number of nitrogens with zero attached hydrogens (tertiary/aromatic N) is 1. The van der Waals surface area contributed by atoms with Crippen molar-refractivity contribution >= 4 is 17.2 Å². The molecule has 1 unspecified atom stereocenters. The zero-order chi connectivity index (χ0) is 15.1. The molecule has 21 heavy (non-hydrogen) atoms. The van der Waals surface area contributed by atoms with Crippen LogP contribution < -0.4 is 5.73 Å². The van der Waals surface area contributed by atoms with Gasteiger partial charge >= 0.3 is 0 Å².